The van der Waals surface area contributed by atoms with Crippen LogP contribution in [-0.2, 0) is 14.9 Å². The summed E-state index contributed by atoms with van der Waals surface area (Å²) in [4.78, 5) is -0.153. The molecule has 16 heavy (non-hydrogen) atoms. The molecule has 0 bridgehead atoms. The predicted molar refractivity (Wildman–Crippen MR) is 57.3 cm³/mol. The highest BCUT2D eigenvalue weighted by atomic mass is 32.2. The zero-order chi connectivity index (χ0) is 11.8. The summed E-state index contributed by atoms with van der Waals surface area (Å²) in [5, 5.41) is 0. The van der Waals surface area contributed by atoms with Gasteiger partial charge in [-0.15, -0.1) is 0 Å². The third-order valence-corrected chi connectivity index (χ3v) is 3.74. The van der Waals surface area contributed by atoms with Crippen molar-refractivity contribution in [3.63, 3.8) is 0 Å². The average Bonchev–Trinajstić information content (AvgIpc) is 2.69. The number of hydrogen-bond acceptors (Lipinski definition) is 4. The van der Waals surface area contributed by atoms with E-state index in [4.69, 9.17) is 4.74 Å². The first-order valence-corrected chi connectivity index (χ1v) is 6.53. The lowest BCUT2D eigenvalue weighted by atomic mass is 9.94. The molecule has 1 aliphatic rings. The fraction of sp³-hybridized carbons (Fsp3) is 0.455. The van der Waals surface area contributed by atoms with Crippen molar-refractivity contribution in [1.82, 2.24) is 0 Å². The van der Waals surface area contributed by atoms with Crippen LogP contribution in [0.4, 0.5) is 0 Å². The van der Waals surface area contributed by atoms with Gasteiger partial charge in [-0.2, -0.15) is 0 Å². The molecule has 5 heteroatoms. The van der Waals surface area contributed by atoms with E-state index in [1.165, 1.54) is 12.1 Å². The van der Waals surface area contributed by atoms with Crippen LogP contribution in [0, 0.1) is 6.92 Å². The number of aryl methyl sites for hydroxylation is 1. The quantitative estimate of drug-likeness (QED) is 0.734. The van der Waals surface area contributed by atoms with Crippen molar-refractivity contribution in [1.29, 1.82) is 0 Å². The summed E-state index contributed by atoms with van der Waals surface area (Å²) < 4.78 is 38.0. The minimum absolute atomic E-state index is 0.153. The van der Waals surface area contributed by atoms with E-state index < -0.39 is 10.1 Å². The van der Waals surface area contributed by atoms with Crippen LogP contribution in [0.3, 0.4) is 0 Å². The van der Waals surface area contributed by atoms with E-state index in [2.05, 4.69) is 0 Å². The van der Waals surface area contributed by atoms with Crippen LogP contribution >= 0.6 is 0 Å². The molecule has 0 saturated carbocycles. The third-order valence-electron chi connectivity index (χ3n) is 2.91. The Labute approximate surface area is 95.0 Å². The molecular formula is C11H13O4S-. The van der Waals surface area contributed by atoms with Crippen LogP contribution < -0.4 is 0 Å². The fourth-order valence-electron chi connectivity index (χ4n) is 1.99. The van der Waals surface area contributed by atoms with Gasteiger partial charge in [0.1, 0.15) is 10.1 Å². The van der Waals surface area contributed by atoms with Gasteiger partial charge >= 0.3 is 0 Å². The van der Waals surface area contributed by atoms with Gasteiger partial charge in [0.25, 0.3) is 0 Å². The molecule has 0 aromatic heterocycles. The lowest BCUT2D eigenvalue weighted by Gasteiger charge is -2.15. The standard InChI is InChI=1S/C11H14O4S/c1-8-2-3-10(16(12,13)14)6-11(8)9-4-5-15-7-9/h2-3,6,9H,4-5,7H2,1H3,(H,12,13,14)/p-1. The molecular weight excluding hydrogens is 228 g/mol. The lowest BCUT2D eigenvalue weighted by Crippen LogP contribution is -2.04. The van der Waals surface area contributed by atoms with Crippen molar-refractivity contribution in [3.8, 4) is 0 Å². The average molecular weight is 241 g/mol. The van der Waals surface area contributed by atoms with Gasteiger partial charge in [-0.3, -0.25) is 0 Å². The molecule has 88 valence electrons. The van der Waals surface area contributed by atoms with Crippen LogP contribution in [0.15, 0.2) is 23.1 Å². The van der Waals surface area contributed by atoms with Crippen LogP contribution in [0.5, 0.6) is 0 Å². The molecule has 1 aromatic rings. The van der Waals surface area contributed by atoms with E-state index in [9.17, 15) is 13.0 Å². The molecule has 0 aliphatic carbocycles. The van der Waals surface area contributed by atoms with Crippen LogP contribution in [0.2, 0.25) is 0 Å². The van der Waals surface area contributed by atoms with Gasteiger partial charge < -0.3 is 9.29 Å². The SMILES string of the molecule is Cc1ccc(S(=O)(=O)[O-])cc1C1CCOC1. The second-order valence-corrected chi connectivity index (χ2v) is 5.41. The molecule has 1 unspecified atom stereocenters. The first-order chi connectivity index (χ1) is 7.48. The van der Waals surface area contributed by atoms with Gasteiger partial charge in [0.2, 0.25) is 0 Å². The van der Waals surface area contributed by atoms with Crippen LogP contribution in [-0.4, -0.2) is 26.2 Å². The second-order valence-electron chi connectivity index (χ2n) is 4.03. The van der Waals surface area contributed by atoms with Crippen LogP contribution in [0.25, 0.3) is 0 Å². The molecule has 1 aromatic carbocycles. The smallest absolute Gasteiger partial charge is 0.124 e. The highest BCUT2D eigenvalue weighted by Gasteiger charge is 2.20. The van der Waals surface area contributed by atoms with Gasteiger partial charge in [0.15, 0.2) is 0 Å². The summed E-state index contributed by atoms with van der Waals surface area (Å²) in [6.45, 7) is 3.20. The number of benzene rings is 1. The molecule has 1 saturated heterocycles. The van der Waals surface area contributed by atoms with E-state index in [-0.39, 0.29) is 10.8 Å². The normalized spacial score (nSPS) is 21.2. The Morgan fingerprint density at radius 1 is 1.44 bits per heavy atom. The van der Waals surface area contributed by atoms with E-state index in [1.807, 2.05) is 6.92 Å². The Morgan fingerprint density at radius 2 is 2.19 bits per heavy atom. The Balaban J connectivity index is 2.44. The van der Waals surface area contributed by atoms with Gasteiger partial charge in [0.05, 0.1) is 11.5 Å². The number of hydrogen-bond donors (Lipinski definition) is 0. The minimum Gasteiger partial charge on any atom is -0.744 e. The molecule has 0 N–H and O–H groups in total. The summed E-state index contributed by atoms with van der Waals surface area (Å²) in [6.07, 6.45) is 0.878. The molecule has 0 spiro atoms. The first-order valence-electron chi connectivity index (χ1n) is 5.12. The summed E-state index contributed by atoms with van der Waals surface area (Å²) in [6, 6.07) is 4.52. The Kier molecular flexibility index (Phi) is 3.01. The van der Waals surface area contributed by atoms with E-state index in [1.54, 1.807) is 6.07 Å². The second kappa shape index (κ2) is 4.16. The van der Waals surface area contributed by atoms with Crippen molar-refractivity contribution in [2.75, 3.05) is 13.2 Å². The zero-order valence-electron chi connectivity index (χ0n) is 8.97. The molecule has 0 amide bonds. The first kappa shape index (κ1) is 11.6. The van der Waals surface area contributed by atoms with Gasteiger partial charge in [-0.05, 0) is 36.6 Å². The molecule has 0 radical (unpaired) electrons. The summed E-state index contributed by atoms with van der Waals surface area (Å²) in [5.41, 5.74) is 1.91. The van der Waals surface area contributed by atoms with E-state index in [0.29, 0.717) is 13.2 Å². The summed E-state index contributed by atoms with van der Waals surface area (Å²) >= 11 is 0. The predicted octanol–water partition coefficient (Wildman–Crippen LogP) is 1.40. The number of ether oxygens (including phenoxy) is 1. The van der Waals surface area contributed by atoms with Gasteiger partial charge in [-0.25, -0.2) is 8.42 Å². The summed E-state index contributed by atoms with van der Waals surface area (Å²) in [7, 11) is -4.36. The Hall–Kier alpha value is -0.910. The fourth-order valence-corrected chi connectivity index (χ4v) is 2.50. The maximum Gasteiger partial charge on any atom is 0.124 e. The molecule has 2 rings (SSSR count). The van der Waals surface area contributed by atoms with Crippen molar-refractivity contribution in [2.45, 2.75) is 24.2 Å². The third kappa shape index (κ3) is 2.26. The topological polar surface area (TPSA) is 66.4 Å². The summed E-state index contributed by atoms with van der Waals surface area (Å²) in [5.74, 6) is 0.210. The maximum absolute atomic E-state index is 10.9. The van der Waals surface area contributed by atoms with E-state index in [0.717, 1.165) is 17.5 Å². The Bertz CT molecular complexity index is 487. The monoisotopic (exact) mass is 241 g/mol. The maximum atomic E-state index is 10.9. The van der Waals surface area contributed by atoms with Gasteiger partial charge in [-0.1, -0.05) is 6.07 Å². The van der Waals surface area contributed by atoms with Gasteiger partial charge in [0, 0.05) is 12.5 Å². The van der Waals surface area contributed by atoms with Crippen molar-refractivity contribution >= 4 is 10.1 Å². The molecule has 1 heterocycles. The van der Waals surface area contributed by atoms with Crippen molar-refractivity contribution < 1.29 is 17.7 Å². The number of rotatable bonds is 2. The molecule has 1 fully saturated rings. The van der Waals surface area contributed by atoms with Crippen LogP contribution in [0.1, 0.15) is 23.5 Å². The lowest BCUT2D eigenvalue weighted by molar-refractivity contribution is 0.194. The highest BCUT2D eigenvalue weighted by Crippen LogP contribution is 2.29. The minimum atomic E-state index is -4.36. The highest BCUT2D eigenvalue weighted by molar-refractivity contribution is 7.85. The van der Waals surface area contributed by atoms with E-state index >= 15 is 0 Å². The van der Waals surface area contributed by atoms with Crippen molar-refractivity contribution in [3.05, 3.63) is 29.3 Å². The molecule has 1 aliphatic heterocycles. The molecule has 1 atom stereocenters. The zero-order valence-corrected chi connectivity index (χ0v) is 9.79. The molecule has 4 nitrogen and oxygen atoms in total. The Morgan fingerprint density at radius 3 is 2.75 bits per heavy atom. The van der Waals surface area contributed by atoms with Crippen molar-refractivity contribution in [2.24, 2.45) is 0 Å². The largest absolute Gasteiger partial charge is 0.744 e.